The van der Waals surface area contributed by atoms with Crippen LogP contribution in [-0.2, 0) is 14.3 Å². The van der Waals surface area contributed by atoms with Crippen LogP contribution in [0.3, 0.4) is 0 Å². The summed E-state index contributed by atoms with van der Waals surface area (Å²) in [7, 11) is 1.40. The van der Waals surface area contributed by atoms with Crippen molar-refractivity contribution in [2.75, 3.05) is 27.1 Å². The van der Waals surface area contributed by atoms with Crippen molar-refractivity contribution in [1.82, 2.24) is 4.98 Å². The highest BCUT2D eigenvalue weighted by Crippen LogP contribution is 2.29. The van der Waals surface area contributed by atoms with Gasteiger partial charge in [0, 0.05) is 18.9 Å². The van der Waals surface area contributed by atoms with Gasteiger partial charge in [-0.1, -0.05) is 6.92 Å². The van der Waals surface area contributed by atoms with Crippen LogP contribution in [0.4, 0.5) is 0 Å². The van der Waals surface area contributed by atoms with Crippen LogP contribution in [0.5, 0.6) is 11.5 Å². The first kappa shape index (κ1) is 16.7. The molecule has 2 N–H and O–H groups in total. The zero-order valence-corrected chi connectivity index (χ0v) is 12.0. The Balaban J connectivity index is 2.58. The second-order valence-electron chi connectivity index (χ2n) is 3.89. The Morgan fingerprint density at radius 1 is 1.38 bits per heavy atom. The minimum Gasteiger partial charge on any atom is -0.493 e. The van der Waals surface area contributed by atoms with Gasteiger partial charge in [-0.25, -0.2) is 9.78 Å². The summed E-state index contributed by atoms with van der Waals surface area (Å²) in [5, 5.41) is 0. The lowest BCUT2D eigenvalue weighted by atomic mass is 10.3. The molecule has 1 amide bonds. The van der Waals surface area contributed by atoms with Crippen molar-refractivity contribution < 1.29 is 28.5 Å². The van der Waals surface area contributed by atoms with E-state index in [1.807, 2.05) is 6.92 Å². The van der Waals surface area contributed by atoms with Gasteiger partial charge in [-0.05, 0) is 6.42 Å². The zero-order valence-electron chi connectivity index (χ0n) is 12.0. The maximum absolute atomic E-state index is 11.3. The zero-order chi connectivity index (χ0) is 15.7. The van der Waals surface area contributed by atoms with Crippen LogP contribution in [0.2, 0.25) is 0 Å². The number of hydrogen-bond donors (Lipinski definition) is 1. The molecule has 1 aromatic rings. The lowest BCUT2D eigenvalue weighted by Gasteiger charge is -2.12. The molecular formula is C13H18N2O6. The second-order valence-corrected chi connectivity index (χ2v) is 3.89. The molecule has 116 valence electrons. The van der Waals surface area contributed by atoms with E-state index in [-0.39, 0.29) is 23.8 Å². The minimum atomic E-state index is -0.776. The fourth-order valence-electron chi connectivity index (χ4n) is 1.40. The highest BCUT2D eigenvalue weighted by Gasteiger charge is 2.17. The molecule has 0 atom stereocenters. The Morgan fingerprint density at radius 3 is 2.76 bits per heavy atom. The number of nitrogens with zero attached hydrogens (tertiary/aromatic N) is 1. The molecule has 1 heterocycles. The van der Waals surface area contributed by atoms with Gasteiger partial charge in [-0.15, -0.1) is 0 Å². The van der Waals surface area contributed by atoms with Crippen molar-refractivity contribution in [2.24, 2.45) is 5.73 Å². The Labute approximate surface area is 122 Å². The molecule has 1 rings (SSSR count). The Kier molecular flexibility index (Phi) is 6.96. The second kappa shape index (κ2) is 8.75. The van der Waals surface area contributed by atoms with Crippen molar-refractivity contribution in [3.05, 3.63) is 18.0 Å². The molecule has 0 fully saturated rings. The van der Waals surface area contributed by atoms with Gasteiger partial charge in [0.05, 0.1) is 7.11 Å². The monoisotopic (exact) mass is 298 g/mol. The number of ether oxygens (including phenoxy) is 4. The van der Waals surface area contributed by atoms with Crippen LogP contribution < -0.4 is 15.2 Å². The Hall–Kier alpha value is -2.35. The van der Waals surface area contributed by atoms with E-state index in [0.717, 1.165) is 6.42 Å². The number of rotatable bonds is 9. The molecular weight excluding hydrogens is 280 g/mol. The molecule has 0 aromatic carbocycles. The number of esters is 1. The van der Waals surface area contributed by atoms with Gasteiger partial charge in [0.25, 0.3) is 5.91 Å². The van der Waals surface area contributed by atoms with Crippen molar-refractivity contribution >= 4 is 11.9 Å². The van der Waals surface area contributed by atoms with Crippen LogP contribution >= 0.6 is 0 Å². The van der Waals surface area contributed by atoms with E-state index in [9.17, 15) is 9.59 Å². The molecule has 0 aliphatic carbocycles. The van der Waals surface area contributed by atoms with Crippen molar-refractivity contribution in [3.63, 3.8) is 0 Å². The molecule has 0 radical (unpaired) electrons. The summed E-state index contributed by atoms with van der Waals surface area (Å²) in [5.41, 5.74) is 5.08. The SMILES string of the molecule is CCCOCC(=O)OCOc1c(OC)ccnc1C(N)=O. The van der Waals surface area contributed by atoms with Crippen molar-refractivity contribution in [3.8, 4) is 11.5 Å². The third kappa shape index (κ3) is 5.27. The first-order valence-electron chi connectivity index (χ1n) is 6.29. The topological polar surface area (TPSA) is 110 Å². The number of carbonyl (C=O) groups is 2. The molecule has 1 aromatic heterocycles. The number of nitrogens with two attached hydrogens (primary N) is 1. The fraction of sp³-hybridized carbons (Fsp3) is 0.462. The summed E-state index contributed by atoms with van der Waals surface area (Å²) >= 11 is 0. The van der Waals surface area contributed by atoms with Gasteiger partial charge in [0.2, 0.25) is 6.79 Å². The largest absolute Gasteiger partial charge is 0.493 e. The number of amides is 1. The number of carbonyl (C=O) groups excluding carboxylic acids is 2. The van der Waals surface area contributed by atoms with Gasteiger partial charge in [-0.2, -0.15) is 0 Å². The van der Waals surface area contributed by atoms with Crippen molar-refractivity contribution in [2.45, 2.75) is 13.3 Å². The fourth-order valence-corrected chi connectivity index (χ4v) is 1.40. The van der Waals surface area contributed by atoms with E-state index >= 15 is 0 Å². The van der Waals surface area contributed by atoms with E-state index in [4.69, 9.17) is 24.7 Å². The summed E-state index contributed by atoms with van der Waals surface area (Å²) in [6, 6.07) is 1.49. The van der Waals surface area contributed by atoms with Gasteiger partial charge >= 0.3 is 5.97 Å². The standard InChI is InChI=1S/C13H18N2O6/c1-3-6-19-7-10(16)20-8-21-12-9(18-2)4-5-15-11(12)13(14)17/h4-5H,3,6-8H2,1-2H3,(H2,14,17). The molecule has 0 spiro atoms. The van der Waals surface area contributed by atoms with Crippen LogP contribution in [0, 0.1) is 0 Å². The summed E-state index contributed by atoms with van der Waals surface area (Å²) < 4.78 is 20.1. The average Bonchev–Trinajstić information content (AvgIpc) is 2.47. The molecule has 8 heteroatoms. The lowest BCUT2D eigenvalue weighted by Crippen LogP contribution is -2.19. The van der Waals surface area contributed by atoms with E-state index in [1.165, 1.54) is 19.4 Å². The summed E-state index contributed by atoms with van der Waals surface area (Å²) in [4.78, 5) is 26.4. The highest BCUT2D eigenvalue weighted by molar-refractivity contribution is 5.94. The van der Waals surface area contributed by atoms with Crippen molar-refractivity contribution in [1.29, 1.82) is 0 Å². The molecule has 0 aliphatic heterocycles. The molecule has 0 bridgehead atoms. The molecule has 8 nitrogen and oxygen atoms in total. The quantitative estimate of drug-likeness (QED) is 0.401. The third-order valence-electron chi connectivity index (χ3n) is 2.31. The van der Waals surface area contributed by atoms with Gasteiger partial charge < -0.3 is 24.7 Å². The smallest absolute Gasteiger partial charge is 0.334 e. The first-order chi connectivity index (χ1) is 10.1. The van der Waals surface area contributed by atoms with E-state index < -0.39 is 18.7 Å². The maximum Gasteiger partial charge on any atom is 0.334 e. The van der Waals surface area contributed by atoms with Gasteiger partial charge in [-0.3, -0.25) is 4.79 Å². The summed E-state index contributed by atoms with van der Waals surface area (Å²) in [5.74, 6) is -1.07. The predicted octanol–water partition coefficient (Wildman–Crippen LogP) is 0.495. The number of hydrogen-bond acceptors (Lipinski definition) is 7. The van der Waals surface area contributed by atoms with E-state index in [2.05, 4.69) is 4.98 Å². The maximum atomic E-state index is 11.3. The Morgan fingerprint density at radius 2 is 2.14 bits per heavy atom. The normalized spacial score (nSPS) is 10.0. The van der Waals surface area contributed by atoms with Gasteiger partial charge in [0.1, 0.15) is 6.61 Å². The number of methoxy groups -OCH3 is 1. The highest BCUT2D eigenvalue weighted by atomic mass is 16.7. The van der Waals surface area contributed by atoms with E-state index in [0.29, 0.717) is 6.61 Å². The molecule has 0 saturated carbocycles. The Bertz CT molecular complexity index is 492. The van der Waals surface area contributed by atoms with Crippen LogP contribution in [0.1, 0.15) is 23.8 Å². The van der Waals surface area contributed by atoms with Gasteiger partial charge in [0.15, 0.2) is 17.2 Å². The molecule has 0 saturated heterocycles. The van der Waals surface area contributed by atoms with Crippen LogP contribution in [0.25, 0.3) is 0 Å². The molecule has 21 heavy (non-hydrogen) atoms. The molecule has 0 unspecified atom stereocenters. The lowest BCUT2D eigenvalue weighted by molar-refractivity contribution is -0.155. The van der Waals surface area contributed by atoms with Crippen LogP contribution in [0.15, 0.2) is 12.3 Å². The van der Waals surface area contributed by atoms with Crippen LogP contribution in [-0.4, -0.2) is 44.0 Å². The number of aromatic nitrogens is 1. The first-order valence-corrected chi connectivity index (χ1v) is 6.29. The third-order valence-corrected chi connectivity index (χ3v) is 2.31. The number of pyridine rings is 1. The van der Waals surface area contributed by atoms with E-state index in [1.54, 1.807) is 0 Å². The summed E-state index contributed by atoms with van der Waals surface area (Å²) in [6.45, 7) is 1.83. The minimum absolute atomic E-state index is 0.0229. The summed E-state index contributed by atoms with van der Waals surface area (Å²) in [6.07, 6.45) is 2.16. The number of primary amides is 1. The average molecular weight is 298 g/mol. The molecule has 0 aliphatic rings. The predicted molar refractivity (Wildman–Crippen MR) is 72.0 cm³/mol.